The molecule has 2 aromatic rings. The molecule has 2 aliphatic heterocycles. The molecule has 0 spiro atoms. The number of amides is 1. The number of thioether (sulfide) groups is 1. The lowest BCUT2D eigenvalue weighted by atomic mass is 10.1. The van der Waals surface area contributed by atoms with Gasteiger partial charge in [-0.05, 0) is 54.1 Å². The largest absolute Gasteiger partial charge is 0.486 e. The highest BCUT2D eigenvalue weighted by Gasteiger charge is 2.28. The number of aryl methyl sites for hydroxylation is 1. The molecule has 1 unspecified atom stereocenters. The van der Waals surface area contributed by atoms with Crippen molar-refractivity contribution in [3.05, 3.63) is 69.3 Å². The first-order valence-electron chi connectivity index (χ1n) is 7.99. The fourth-order valence-corrected chi connectivity index (χ4v) is 3.86. The summed E-state index contributed by atoms with van der Waals surface area (Å²) in [6.07, 6.45) is 2.35. The molecule has 1 fully saturated rings. The first-order valence-corrected chi connectivity index (χ1v) is 9.19. The van der Waals surface area contributed by atoms with E-state index in [1.165, 1.54) is 17.8 Å². The molecule has 0 radical (unpaired) electrons. The van der Waals surface area contributed by atoms with Gasteiger partial charge in [0.25, 0.3) is 5.91 Å². The summed E-state index contributed by atoms with van der Waals surface area (Å²) in [4.78, 5) is 17.1. The summed E-state index contributed by atoms with van der Waals surface area (Å²) >= 11 is 7.25. The Bertz CT molecular complexity index is 949. The molecule has 2 aliphatic rings. The number of benzene rings is 2. The van der Waals surface area contributed by atoms with E-state index in [0.29, 0.717) is 21.3 Å². The third-order valence-electron chi connectivity index (χ3n) is 4.11. The lowest BCUT2D eigenvalue weighted by Gasteiger charge is -2.05. The lowest BCUT2D eigenvalue weighted by Crippen LogP contribution is -2.20. The number of carbonyl (C=O) groups is 1. The van der Waals surface area contributed by atoms with E-state index in [-0.39, 0.29) is 22.9 Å². The Morgan fingerprint density at radius 1 is 1.38 bits per heavy atom. The van der Waals surface area contributed by atoms with E-state index in [1.807, 2.05) is 24.3 Å². The maximum absolute atomic E-state index is 13.5. The molecule has 4 rings (SSSR count). The van der Waals surface area contributed by atoms with Gasteiger partial charge in [-0.15, -0.1) is 0 Å². The normalized spacial score (nSPS) is 21.8. The van der Waals surface area contributed by atoms with Crippen molar-refractivity contribution in [3.63, 3.8) is 0 Å². The van der Waals surface area contributed by atoms with Gasteiger partial charge in [-0.1, -0.05) is 29.8 Å². The monoisotopic (exact) mass is 388 g/mol. The summed E-state index contributed by atoms with van der Waals surface area (Å²) in [5.41, 5.74) is 1.98. The molecule has 1 amide bonds. The van der Waals surface area contributed by atoms with Crippen LogP contribution in [0.3, 0.4) is 0 Å². The molecule has 0 aromatic heterocycles. The second-order valence-electron chi connectivity index (χ2n) is 6.03. The molecule has 0 aliphatic carbocycles. The van der Waals surface area contributed by atoms with Crippen molar-refractivity contribution in [2.75, 3.05) is 0 Å². The lowest BCUT2D eigenvalue weighted by molar-refractivity contribution is -0.115. The first-order chi connectivity index (χ1) is 12.5. The minimum absolute atomic E-state index is 0.184. The molecule has 2 aromatic carbocycles. The summed E-state index contributed by atoms with van der Waals surface area (Å²) in [6.45, 7) is 1.64. The third-order valence-corrected chi connectivity index (χ3v) is 5.34. The van der Waals surface area contributed by atoms with Crippen LogP contribution in [0.5, 0.6) is 5.75 Å². The Morgan fingerprint density at radius 2 is 2.19 bits per heavy atom. The van der Waals surface area contributed by atoms with Crippen molar-refractivity contribution in [2.24, 2.45) is 4.99 Å². The number of halogens is 2. The Kier molecular flexibility index (Phi) is 4.46. The first kappa shape index (κ1) is 17.1. The molecule has 132 valence electrons. The van der Waals surface area contributed by atoms with Gasteiger partial charge in [0.1, 0.15) is 17.7 Å². The number of amidine groups is 1. The molecule has 1 saturated heterocycles. The summed E-state index contributed by atoms with van der Waals surface area (Å²) < 4.78 is 19.4. The predicted octanol–water partition coefficient (Wildman–Crippen LogP) is 4.53. The maximum atomic E-state index is 13.5. The number of hydrogen-bond acceptors (Lipinski definition) is 4. The summed E-state index contributed by atoms with van der Waals surface area (Å²) in [5, 5.41) is 3.31. The van der Waals surface area contributed by atoms with Gasteiger partial charge in [0.15, 0.2) is 5.17 Å². The predicted molar refractivity (Wildman–Crippen MR) is 102 cm³/mol. The second-order valence-corrected chi connectivity index (χ2v) is 7.46. The van der Waals surface area contributed by atoms with Crippen LogP contribution in [-0.4, -0.2) is 17.2 Å². The van der Waals surface area contributed by atoms with Crippen LogP contribution in [0.1, 0.15) is 11.1 Å². The van der Waals surface area contributed by atoms with Crippen LogP contribution in [0, 0.1) is 12.7 Å². The molecule has 0 bridgehead atoms. The molecular weight excluding hydrogens is 375 g/mol. The zero-order valence-electron chi connectivity index (χ0n) is 13.8. The van der Waals surface area contributed by atoms with Crippen LogP contribution in [-0.2, 0) is 11.2 Å². The van der Waals surface area contributed by atoms with Gasteiger partial charge in [-0.3, -0.25) is 4.79 Å². The smallest absolute Gasteiger partial charge is 0.263 e. The van der Waals surface area contributed by atoms with Gasteiger partial charge in [0.2, 0.25) is 0 Å². The third kappa shape index (κ3) is 3.34. The zero-order valence-corrected chi connectivity index (χ0v) is 15.3. The Hall–Kier alpha value is -2.31. The number of aliphatic imine (C=N–C) groups is 1. The molecule has 1 N–H and O–H groups in total. The summed E-state index contributed by atoms with van der Waals surface area (Å²) in [6, 6.07) is 10.6. The van der Waals surface area contributed by atoms with Crippen LogP contribution in [0.15, 0.2) is 52.4 Å². The van der Waals surface area contributed by atoms with Gasteiger partial charge < -0.3 is 10.1 Å². The number of nitrogens with one attached hydrogen (secondary N) is 1. The average Bonchev–Trinajstić information content (AvgIpc) is 3.16. The molecule has 1 atom stereocenters. The SMILES string of the molecule is Cc1cc(N=C2NC(=O)C(=CC3Cc4ccccc4O3)S2)c(Cl)cc1F. The minimum Gasteiger partial charge on any atom is -0.486 e. The highest BCUT2D eigenvalue weighted by atomic mass is 35.5. The molecule has 26 heavy (non-hydrogen) atoms. The minimum atomic E-state index is -0.388. The summed E-state index contributed by atoms with van der Waals surface area (Å²) in [7, 11) is 0. The van der Waals surface area contributed by atoms with Crippen molar-refractivity contribution >= 4 is 40.1 Å². The van der Waals surface area contributed by atoms with Crippen molar-refractivity contribution in [1.82, 2.24) is 5.32 Å². The van der Waals surface area contributed by atoms with Crippen molar-refractivity contribution in [2.45, 2.75) is 19.4 Å². The van der Waals surface area contributed by atoms with Crippen molar-refractivity contribution in [3.8, 4) is 5.75 Å². The molecule has 2 heterocycles. The fraction of sp³-hybridized carbons (Fsp3) is 0.158. The number of ether oxygens (including phenoxy) is 1. The average molecular weight is 389 g/mol. The van der Waals surface area contributed by atoms with Crippen LogP contribution >= 0.6 is 23.4 Å². The van der Waals surface area contributed by atoms with Gasteiger partial charge in [-0.2, -0.15) is 0 Å². The van der Waals surface area contributed by atoms with E-state index in [0.717, 1.165) is 17.7 Å². The van der Waals surface area contributed by atoms with Crippen molar-refractivity contribution in [1.29, 1.82) is 0 Å². The number of nitrogens with zero attached hydrogens (tertiary/aromatic N) is 1. The van der Waals surface area contributed by atoms with Crippen LogP contribution < -0.4 is 10.1 Å². The van der Waals surface area contributed by atoms with E-state index in [9.17, 15) is 9.18 Å². The Morgan fingerprint density at radius 3 is 3.00 bits per heavy atom. The summed E-state index contributed by atoms with van der Waals surface area (Å²) in [5.74, 6) is 0.226. The van der Waals surface area contributed by atoms with E-state index in [4.69, 9.17) is 16.3 Å². The number of hydrogen-bond donors (Lipinski definition) is 1. The Balaban J connectivity index is 1.54. The van der Waals surface area contributed by atoms with Crippen LogP contribution in [0.4, 0.5) is 10.1 Å². The number of carbonyl (C=O) groups excluding carboxylic acids is 1. The number of fused-ring (bicyclic) bond motifs is 1. The topological polar surface area (TPSA) is 50.7 Å². The van der Waals surface area contributed by atoms with Gasteiger partial charge in [0.05, 0.1) is 15.6 Å². The van der Waals surface area contributed by atoms with Crippen molar-refractivity contribution < 1.29 is 13.9 Å². The highest BCUT2D eigenvalue weighted by Crippen LogP contribution is 2.34. The van der Waals surface area contributed by atoms with Gasteiger partial charge >= 0.3 is 0 Å². The highest BCUT2D eigenvalue weighted by molar-refractivity contribution is 8.18. The van der Waals surface area contributed by atoms with Crippen LogP contribution in [0.25, 0.3) is 0 Å². The van der Waals surface area contributed by atoms with Crippen LogP contribution in [0.2, 0.25) is 5.02 Å². The second kappa shape index (κ2) is 6.78. The van der Waals surface area contributed by atoms with Gasteiger partial charge in [-0.25, -0.2) is 9.38 Å². The van der Waals surface area contributed by atoms with E-state index in [2.05, 4.69) is 10.3 Å². The van der Waals surface area contributed by atoms with E-state index >= 15 is 0 Å². The molecule has 7 heteroatoms. The number of rotatable bonds is 2. The molecule has 0 saturated carbocycles. The van der Waals surface area contributed by atoms with E-state index < -0.39 is 0 Å². The standard InChI is InChI=1S/C19H14ClFN2O2S/c1-10-6-15(13(20)9-14(10)21)22-19-23-18(24)17(26-19)8-12-7-11-4-2-3-5-16(11)25-12/h2-6,8-9,12H,7H2,1H3,(H,22,23,24). The number of para-hydroxylation sites is 1. The molecule has 4 nitrogen and oxygen atoms in total. The molecular formula is C19H14ClFN2O2S. The van der Waals surface area contributed by atoms with E-state index in [1.54, 1.807) is 19.1 Å². The maximum Gasteiger partial charge on any atom is 0.263 e. The quantitative estimate of drug-likeness (QED) is 0.769. The fourth-order valence-electron chi connectivity index (χ4n) is 2.80. The zero-order chi connectivity index (χ0) is 18.3. The Labute approximate surface area is 159 Å². The van der Waals surface area contributed by atoms with Gasteiger partial charge in [0, 0.05) is 6.42 Å².